The standard InChI is InChI=1S/C12H17BO3/c1-12(13(14)15)7-11(12)9-16-8-10-5-3-2-4-6-10/h2-6,11,14-15H,7-9H2,1H3/t11?,12-/m0/s1. The molecule has 16 heavy (non-hydrogen) atoms. The van der Waals surface area contributed by atoms with Crippen molar-refractivity contribution in [2.75, 3.05) is 6.61 Å². The minimum atomic E-state index is -1.22. The van der Waals surface area contributed by atoms with Crippen LogP contribution in [0.25, 0.3) is 0 Å². The second-order valence-corrected chi connectivity index (χ2v) is 4.78. The lowest BCUT2D eigenvalue weighted by atomic mass is 9.69. The first-order valence-electron chi connectivity index (χ1n) is 5.61. The van der Waals surface area contributed by atoms with Crippen molar-refractivity contribution in [3.8, 4) is 0 Å². The Hall–Kier alpha value is -0.835. The number of ether oxygens (including phenoxy) is 1. The van der Waals surface area contributed by atoms with E-state index in [1.807, 2.05) is 37.3 Å². The number of rotatable bonds is 5. The molecule has 1 aromatic rings. The summed E-state index contributed by atoms with van der Waals surface area (Å²) in [6.45, 7) is 3.08. The summed E-state index contributed by atoms with van der Waals surface area (Å²) >= 11 is 0. The normalized spacial score (nSPS) is 27.8. The minimum Gasteiger partial charge on any atom is -0.427 e. The highest BCUT2D eigenvalue weighted by Gasteiger charge is 2.57. The van der Waals surface area contributed by atoms with E-state index in [1.165, 1.54) is 0 Å². The van der Waals surface area contributed by atoms with E-state index in [-0.39, 0.29) is 11.2 Å². The van der Waals surface area contributed by atoms with E-state index in [0.29, 0.717) is 13.2 Å². The highest BCUT2D eigenvalue weighted by atomic mass is 16.5. The van der Waals surface area contributed by atoms with Gasteiger partial charge in [0.2, 0.25) is 0 Å². The quantitative estimate of drug-likeness (QED) is 0.738. The van der Waals surface area contributed by atoms with Gasteiger partial charge in [-0.3, -0.25) is 0 Å². The van der Waals surface area contributed by atoms with Gasteiger partial charge in [0.1, 0.15) is 0 Å². The molecule has 0 aliphatic heterocycles. The van der Waals surface area contributed by atoms with Gasteiger partial charge >= 0.3 is 7.12 Å². The van der Waals surface area contributed by atoms with Crippen molar-refractivity contribution in [2.45, 2.75) is 25.3 Å². The van der Waals surface area contributed by atoms with Crippen LogP contribution in [0.5, 0.6) is 0 Å². The first kappa shape index (κ1) is 11.6. The molecule has 4 heteroatoms. The Morgan fingerprint density at radius 1 is 1.38 bits per heavy atom. The molecule has 1 fully saturated rings. The van der Waals surface area contributed by atoms with Gasteiger partial charge < -0.3 is 14.8 Å². The first-order valence-corrected chi connectivity index (χ1v) is 5.61. The number of benzene rings is 1. The lowest BCUT2D eigenvalue weighted by molar-refractivity contribution is 0.107. The van der Waals surface area contributed by atoms with Crippen LogP contribution in [-0.2, 0) is 11.3 Å². The van der Waals surface area contributed by atoms with E-state index in [2.05, 4.69) is 0 Å². The summed E-state index contributed by atoms with van der Waals surface area (Å²) in [6, 6.07) is 9.98. The Labute approximate surface area is 96.2 Å². The summed E-state index contributed by atoms with van der Waals surface area (Å²) in [6.07, 6.45) is 0.833. The van der Waals surface area contributed by atoms with Gasteiger partial charge in [-0.25, -0.2) is 0 Å². The summed E-state index contributed by atoms with van der Waals surface area (Å²) in [5.41, 5.74) is 1.15. The van der Waals surface area contributed by atoms with Crippen molar-refractivity contribution in [2.24, 2.45) is 5.92 Å². The lowest BCUT2D eigenvalue weighted by Crippen LogP contribution is -2.21. The third kappa shape index (κ3) is 2.46. The monoisotopic (exact) mass is 220 g/mol. The van der Waals surface area contributed by atoms with Gasteiger partial charge in [-0.15, -0.1) is 0 Å². The van der Waals surface area contributed by atoms with Crippen LogP contribution < -0.4 is 0 Å². The van der Waals surface area contributed by atoms with Gasteiger partial charge in [0, 0.05) is 11.9 Å². The van der Waals surface area contributed by atoms with E-state index in [4.69, 9.17) is 14.8 Å². The van der Waals surface area contributed by atoms with Crippen LogP contribution in [0.4, 0.5) is 0 Å². The Kier molecular flexibility index (Phi) is 3.33. The topological polar surface area (TPSA) is 49.7 Å². The summed E-state index contributed by atoms with van der Waals surface area (Å²) in [7, 11) is -1.22. The highest BCUT2D eigenvalue weighted by Crippen LogP contribution is 2.60. The molecule has 0 saturated heterocycles. The maximum atomic E-state index is 9.14. The summed E-state index contributed by atoms with van der Waals surface area (Å²) in [5, 5.41) is 17.9. The predicted octanol–water partition coefficient (Wildman–Crippen LogP) is 1.46. The third-order valence-electron chi connectivity index (χ3n) is 3.48. The largest absolute Gasteiger partial charge is 0.458 e. The molecule has 0 amide bonds. The molecule has 1 aromatic carbocycles. The molecule has 0 heterocycles. The van der Waals surface area contributed by atoms with Gasteiger partial charge in [0.15, 0.2) is 0 Å². The SMILES string of the molecule is C[C@]1(B(O)O)CC1COCc1ccccc1. The van der Waals surface area contributed by atoms with Crippen molar-refractivity contribution in [1.29, 1.82) is 0 Å². The molecule has 2 atom stereocenters. The second kappa shape index (κ2) is 4.57. The molecular formula is C12H17BO3. The van der Waals surface area contributed by atoms with Crippen molar-refractivity contribution in [1.82, 2.24) is 0 Å². The van der Waals surface area contributed by atoms with Crippen LogP contribution in [-0.4, -0.2) is 23.8 Å². The van der Waals surface area contributed by atoms with Crippen LogP contribution >= 0.6 is 0 Å². The van der Waals surface area contributed by atoms with Gasteiger partial charge in [-0.1, -0.05) is 37.3 Å². The first-order chi connectivity index (χ1) is 7.63. The zero-order valence-corrected chi connectivity index (χ0v) is 9.47. The van der Waals surface area contributed by atoms with Crippen LogP contribution in [0.2, 0.25) is 5.31 Å². The molecule has 0 aromatic heterocycles. The van der Waals surface area contributed by atoms with Crippen molar-refractivity contribution < 1.29 is 14.8 Å². The van der Waals surface area contributed by atoms with Crippen molar-refractivity contribution in [3.63, 3.8) is 0 Å². The van der Waals surface area contributed by atoms with Crippen LogP contribution in [0, 0.1) is 5.92 Å². The van der Waals surface area contributed by atoms with Crippen LogP contribution in [0.3, 0.4) is 0 Å². The maximum Gasteiger partial charge on any atom is 0.458 e. The van der Waals surface area contributed by atoms with E-state index < -0.39 is 7.12 Å². The van der Waals surface area contributed by atoms with Gasteiger partial charge in [-0.2, -0.15) is 0 Å². The molecule has 2 N–H and O–H groups in total. The fourth-order valence-electron chi connectivity index (χ4n) is 1.93. The number of hydrogen-bond acceptors (Lipinski definition) is 3. The average Bonchev–Trinajstić information content (AvgIpc) is 2.93. The van der Waals surface area contributed by atoms with Crippen molar-refractivity contribution >= 4 is 7.12 Å². The van der Waals surface area contributed by atoms with E-state index in [1.54, 1.807) is 0 Å². The average molecular weight is 220 g/mol. The molecule has 0 bridgehead atoms. The molecular weight excluding hydrogens is 203 g/mol. The summed E-state index contributed by atoms with van der Waals surface area (Å²) in [4.78, 5) is 0. The molecule has 2 rings (SSSR count). The molecule has 1 unspecified atom stereocenters. The Bertz CT molecular complexity index is 341. The zero-order chi connectivity index (χ0) is 11.6. The van der Waals surface area contributed by atoms with Gasteiger partial charge in [0.25, 0.3) is 0 Å². The smallest absolute Gasteiger partial charge is 0.427 e. The molecule has 86 valence electrons. The second-order valence-electron chi connectivity index (χ2n) is 4.78. The van der Waals surface area contributed by atoms with Gasteiger partial charge in [0.05, 0.1) is 6.61 Å². The third-order valence-corrected chi connectivity index (χ3v) is 3.48. The zero-order valence-electron chi connectivity index (χ0n) is 9.47. The number of hydrogen-bond donors (Lipinski definition) is 2. The lowest BCUT2D eigenvalue weighted by Gasteiger charge is -2.09. The Morgan fingerprint density at radius 3 is 2.62 bits per heavy atom. The predicted molar refractivity (Wildman–Crippen MR) is 62.8 cm³/mol. The van der Waals surface area contributed by atoms with Gasteiger partial charge in [-0.05, 0) is 17.9 Å². The fraction of sp³-hybridized carbons (Fsp3) is 0.500. The summed E-state index contributed by atoms with van der Waals surface area (Å²) in [5.74, 6) is 0.274. The van der Waals surface area contributed by atoms with E-state index in [9.17, 15) is 0 Å². The maximum absolute atomic E-state index is 9.14. The van der Waals surface area contributed by atoms with E-state index >= 15 is 0 Å². The fourth-order valence-corrected chi connectivity index (χ4v) is 1.93. The van der Waals surface area contributed by atoms with Crippen LogP contribution in [0.15, 0.2) is 30.3 Å². The van der Waals surface area contributed by atoms with E-state index in [0.717, 1.165) is 12.0 Å². The molecule has 1 aliphatic carbocycles. The Morgan fingerprint density at radius 2 is 2.06 bits per heavy atom. The molecule has 1 saturated carbocycles. The van der Waals surface area contributed by atoms with Crippen LogP contribution in [0.1, 0.15) is 18.9 Å². The Balaban J connectivity index is 1.71. The highest BCUT2D eigenvalue weighted by molar-refractivity contribution is 6.46. The van der Waals surface area contributed by atoms with Crippen molar-refractivity contribution in [3.05, 3.63) is 35.9 Å². The minimum absolute atomic E-state index is 0.274. The molecule has 3 nitrogen and oxygen atoms in total. The molecule has 1 aliphatic rings. The molecule has 0 radical (unpaired) electrons. The summed E-state index contributed by atoms with van der Waals surface area (Å²) < 4.78 is 5.57. The molecule has 0 spiro atoms.